The molecule has 0 bridgehead atoms. The Bertz CT molecular complexity index is 584. The molecule has 1 rings (SSSR count). The lowest BCUT2D eigenvalue weighted by atomic mass is 10.2. The number of carboxylic acids is 1. The highest BCUT2D eigenvalue weighted by molar-refractivity contribution is 7.89. The van der Waals surface area contributed by atoms with Gasteiger partial charge in [-0.1, -0.05) is 6.92 Å². The minimum atomic E-state index is -3.88. The molecule has 8 heteroatoms. The zero-order chi connectivity index (χ0) is 15.3. The van der Waals surface area contributed by atoms with E-state index in [1.807, 2.05) is 0 Å². The Morgan fingerprint density at radius 1 is 1.35 bits per heavy atom. The lowest BCUT2D eigenvalue weighted by Crippen LogP contribution is -2.31. The molecule has 0 aliphatic carbocycles. The molecule has 20 heavy (non-hydrogen) atoms. The van der Waals surface area contributed by atoms with Gasteiger partial charge < -0.3 is 14.6 Å². The number of aliphatic carboxylic acids is 1. The molecule has 0 saturated carbocycles. The van der Waals surface area contributed by atoms with Gasteiger partial charge in [0.1, 0.15) is 16.4 Å². The summed E-state index contributed by atoms with van der Waals surface area (Å²) in [6, 6.07) is 4.35. The highest BCUT2D eigenvalue weighted by Crippen LogP contribution is 2.27. The van der Waals surface area contributed by atoms with Gasteiger partial charge in [0.25, 0.3) is 0 Å². The summed E-state index contributed by atoms with van der Waals surface area (Å²) in [5, 5.41) is 8.75. The molecular formula is C12H17NO6S. The number of ether oxygens (including phenoxy) is 2. The molecule has 1 aromatic carbocycles. The second-order valence-electron chi connectivity index (χ2n) is 4.11. The number of carboxylic acid groups (broad SMARTS) is 1. The summed E-state index contributed by atoms with van der Waals surface area (Å²) in [5.41, 5.74) is 0. The first kappa shape index (κ1) is 16.3. The van der Waals surface area contributed by atoms with Crippen molar-refractivity contribution in [3.63, 3.8) is 0 Å². The van der Waals surface area contributed by atoms with E-state index in [2.05, 4.69) is 4.72 Å². The quantitative estimate of drug-likeness (QED) is 0.769. The van der Waals surface area contributed by atoms with Crippen molar-refractivity contribution in [2.75, 3.05) is 20.8 Å². The third-order valence-corrected chi connectivity index (χ3v) is 4.11. The molecule has 112 valence electrons. The molecule has 0 saturated heterocycles. The normalized spacial score (nSPS) is 12.8. The average Bonchev–Trinajstić information content (AvgIpc) is 2.43. The summed E-state index contributed by atoms with van der Waals surface area (Å²) in [6.07, 6.45) is 0. The van der Waals surface area contributed by atoms with E-state index in [0.717, 1.165) is 0 Å². The third-order valence-electron chi connectivity index (χ3n) is 2.66. The number of rotatable bonds is 7. The van der Waals surface area contributed by atoms with Gasteiger partial charge in [0, 0.05) is 12.6 Å². The maximum absolute atomic E-state index is 12.2. The van der Waals surface area contributed by atoms with E-state index < -0.39 is 21.9 Å². The van der Waals surface area contributed by atoms with Gasteiger partial charge in [-0.3, -0.25) is 4.79 Å². The van der Waals surface area contributed by atoms with E-state index >= 15 is 0 Å². The van der Waals surface area contributed by atoms with E-state index in [9.17, 15) is 13.2 Å². The molecule has 0 aliphatic rings. The monoisotopic (exact) mass is 303 g/mol. The Kier molecular flexibility index (Phi) is 5.34. The smallest absolute Gasteiger partial charge is 0.307 e. The maximum atomic E-state index is 12.2. The largest absolute Gasteiger partial charge is 0.497 e. The lowest BCUT2D eigenvalue weighted by Gasteiger charge is -2.13. The van der Waals surface area contributed by atoms with Crippen LogP contribution in [-0.4, -0.2) is 40.3 Å². The second kappa shape index (κ2) is 6.58. The van der Waals surface area contributed by atoms with Crippen molar-refractivity contribution in [3.05, 3.63) is 18.2 Å². The molecule has 1 unspecified atom stereocenters. The Labute approximate surface area is 117 Å². The van der Waals surface area contributed by atoms with E-state index in [-0.39, 0.29) is 17.2 Å². The number of methoxy groups -OCH3 is 2. The van der Waals surface area contributed by atoms with Crippen LogP contribution >= 0.6 is 0 Å². The van der Waals surface area contributed by atoms with E-state index in [4.69, 9.17) is 14.6 Å². The van der Waals surface area contributed by atoms with Gasteiger partial charge in [0.05, 0.1) is 20.1 Å². The average molecular weight is 303 g/mol. The van der Waals surface area contributed by atoms with Crippen LogP contribution in [0.3, 0.4) is 0 Å². The molecule has 2 N–H and O–H groups in total. The zero-order valence-corrected chi connectivity index (χ0v) is 12.2. The van der Waals surface area contributed by atoms with Crippen molar-refractivity contribution >= 4 is 16.0 Å². The Hall–Kier alpha value is -1.80. The standard InChI is InChI=1S/C12H17NO6S/c1-8(12(14)15)7-13-20(16,17)11-6-9(18-2)4-5-10(11)19-3/h4-6,8,13H,7H2,1-3H3,(H,14,15). The molecule has 0 heterocycles. The van der Waals surface area contributed by atoms with Crippen LogP contribution < -0.4 is 14.2 Å². The molecule has 0 aromatic heterocycles. The lowest BCUT2D eigenvalue weighted by molar-refractivity contribution is -0.140. The van der Waals surface area contributed by atoms with Gasteiger partial charge >= 0.3 is 5.97 Å². The van der Waals surface area contributed by atoms with Crippen LogP contribution in [-0.2, 0) is 14.8 Å². The molecule has 1 aromatic rings. The van der Waals surface area contributed by atoms with Crippen molar-refractivity contribution in [2.45, 2.75) is 11.8 Å². The van der Waals surface area contributed by atoms with Crippen LogP contribution in [0.5, 0.6) is 11.5 Å². The second-order valence-corrected chi connectivity index (χ2v) is 5.84. The van der Waals surface area contributed by atoms with Crippen LogP contribution in [0.15, 0.2) is 23.1 Å². The van der Waals surface area contributed by atoms with Crippen molar-refractivity contribution in [1.82, 2.24) is 4.72 Å². The SMILES string of the molecule is COc1ccc(OC)c(S(=O)(=O)NCC(C)C(=O)O)c1. The molecule has 0 spiro atoms. The van der Waals surface area contributed by atoms with E-state index in [1.54, 1.807) is 6.07 Å². The number of hydrogen-bond acceptors (Lipinski definition) is 5. The van der Waals surface area contributed by atoms with Crippen molar-refractivity contribution in [2.24, 2.45) is 5.92 Å². The first-order chi connectivity index (χ1) is 9.31. The summed E-state index contributed by atoms with van der Waals surface area (Å²) in [7, 11) is -1.12. The molecule has 0 radical (unpaired) electrons. The molecule has 1 atom stereocenters. The molecular weight excluding hydrogens is 286 g/mol. The minimum Gasteiger partial charge on any atom is -0.497 e. The zero-order valence-electron chi connectivity index (χ0n) is 11.4. The number of benzene rings is 1. The van der Waals surface area contributed by atoms with Gasteiger partial charge in [-0.25, -0.2) is 13.1 Å². The number of hydrogen-bond donors (Lipinski definition) is 2. The van der Waals surface area contributed by atoms with Gasteiger partial charge in [-0.2, -0.15) is 0 Å². The van der Waals surface area contributed by atoms with Crippen molar-refractivity contribution in [3.8, 4) is 11.5 Å². The van der Waals surface area contributed by atoms with Crippen LogP contribution in [0.2, 0.25) is 0 Å². The van der Waals surface area contributed by atoms with E-state index in [1.165, 1.54) is 33.3 Å². The third kappa shape index (κ3) is 3.84. The van der Waals surface area contributed by atoms with Gasteiger partial charge in [-0.15, -0.1) is 0 Å². The van der Waals surface area contributed by atoms with Crippen molar-refractivity contribution in [1.29, 1.82) is 0 Å². The predicted molar refractivity (Wildman–Crippen MR) is 71.5 cm³/mol. The summed E-state index contributed by atoms with van der Waals surface area (Å²) >= 11 is 0. The van der Waals surface area contributed by atoms with Crippen LogP contribution in [0.1, 0.15) is 6.92 Å². The Balaban J connectivity index is 3.05. The van der Waals surface area contributed by atoms with Crippen LogP contribution in [0.4, 0.5) is 0 Å². The topological polar surface area (TPSA) is 102 Å². The van der Waals surface area contributed by atoms with E-state index in [0.29, 0.717) is 5.75 Å². The fraction of sp³-hybridized carbons (Fsp3) is 0.417. The maximum Gasteiger partial charge on any atom is 0.307 e. The molecule has 0 amide bonds. The summed E-state index contributed by atoms with van der Waals surface area (Å²) in [4.78, 5) is 10.6. The summed E-state index contributed by atoms with van der Waals surface area (Å²) in [6.45, 7) is 1.20. The number of nitrogens with one attached hydrogen (secondary N) is 1. The molecule has 7 nitrogen and oxygen atoms in total. The fourth-order valence-corrected chi connectivity index (χ4v) is 2.71. The Morgan fingerprint density at radius 2 is 2.00 bits per heavy atom. The predicted octanol–water partition coefficient (Wildman–Crippen LogP) is 0.703. The Morgan fingerprint density at radius 3 is 2.50 bits per heavy atom. The van der Waals surface area contributed by atoms with Gasteiger partial charge in [-0.05, 0) is 12.1 Å². The molecule has 0 fully saturated rings. The number of sulfonamides is 1. The van der Waals surface area contributed by atoms with Gasteiger partial charge in [0.15, 0.2) is 0 Å². The number of carbonyl (C=O) groups is 1. The first-order valence-electron chi connectivity index (χ1n) is 5.76. The van der Waals surface area contributed by atoms with Gasteiger partial charge in [0.2, 0.25) is 10.0 Å². The highest BCUT2D eigenvalue weighted by Gasteiger charge is 2.22. The fourth-order valence-electron chi connectivity index (χ4n) is 1.39. The summed E-state index contributed by atoms with van der Waals surface area (Å²) < 4.78 is 36.5. The minimum absolute atomic E-state index is 0.100. The molecule has 0 aliphatic heterocycles. The van der Waals surface area contributed by atoms with Crippen LogP contribution in [0.25, 0.3) is 0 Å². The summed E-state index contributed by atoms with van der Waals surface area (Å²) in [5.74, 6) is -1.40. The highest BCUT2D eigenvalue weighted by atomic mass is 32.2. The van der Waals surface area contributed by atoms with Crippen molar-refractivity contribution < 1.29 is 27.8 Å². The first-order valence-corrected chi connectivity index (χ1v) is 7.24. The van der Waals surface area contributed by atoms with Crippen LogP contribution in [0, 0.1) is 5.92 Å².